The van der Waals surface area contributed by atoms with Crippen molar-refractivity contribution in [1.29, 1.82) is 0 Å². The van der Waals surface area contributed by atoms with Crippen LogP contribution in [0.4, 0.5) is 4.39 Å². The van der Waals surface area contributed by atoms with E-state index in [-0.39, 0.29) is 10.8 Å². The SMILES string of the molecule is CCOC1(c2nc(C)c(F)c(Cl)n2)CCC(C)CC1. The van der Waals surface area contributed by atoms with Crippen LogP contribution in [-0.4, -0.2) is 16.6 Å². The van der Waals surface area contributed by atoms with E-state index in [1.54, 1.807) is 6.92 Å². The zero-order valence-corrected chi connectivity index (χ0v) is 12.4. The molecule has 0 N–H and O–H groups in total. The fraction of sp³-hybridized carbons (Fsp3) is 0.714. The number of aromatic nitrogens is 2. The van der Waals surface area contributed by atoms with E-state index in [1.165, 1.54) is 0 Å². The van der Waals surface area contributed by atoms with Gasteiger partial charge in [-0.1, -0.05) is 18.5 Å². The van der Waals surface area contributed by atoms with Gasteiger partial charge in [-0.05, 0) is 45.4 Å². The molecular formula is C14H20ClFN2O. The lowest BCUT2D eigenvalue weighted by Crippen LogP contribution is -2.36. The molecule has 0 bridgehead atoms. The Morgan fingerprint density at radius 3 is 2.53 bits per heavy atom. The Kier molecular flexibility index (Phi) is 4.41. The van der Waals surface area contributed by atoms with Crippen LogP contribution in [0.3, 0.4) is 0 Å². The third-order valence-corrected chi connectivity index (χ3v) is 4.14. The molecule has 1 aliphatic carbocycles. The molecule has 1 aromatic rings. The Hall–Kier alpha value is -0.740. The van der Waals surface area contributed by atoms with Gasteiger partial charge in [-0.3, -0.25) is 0 Å². The van der Waals surface area contributed by atoms with E-state index in [1.807, 2.05) is 6.92 Å². The van der Waals surface area contributed by atoms with Gasteiger partial charge in [0.25, 0.3) is 0 Å². The third kappa shape index (κ3) is 2.90. The summed E-state index contributed by atoms with van der Waals surface area (Å²) in [5.41, 5.74) is -0.212. The van der Waals surface area contributed by atoms with Crippen LogP contribution in [0.15, 0.2) is 0 Å². The van der Waals surface area contributed by atoms with Crippen molar-refractivity contribution in [2.24, 2.45) is 5.92 Å². The zero-order chi connectivity index (χ0) is 14.0. The molecule has 0 unspecified atom stereocenters. The molecule has 19 heavy (non-hydrogen) atoms. The molecule has 0 aliphatic heterocycles. The van der Waals surface area contributed by atoms with E-state index < -0.39 is 11.4 Å². The molecule has 1 fully saturated rings. The van der Waals surface area contributed by atoms with Gasteiger partial charge in [0.1, 0.15) is 5.60 Å². The number of nitrogens with zero attached hydrogens (tertiary/aromatic N) is 2. The van der Waals surface area contributed by atoms with Gasteiger partial charge in [0.15, 0.2) is 16.8 Å². The Balaban J connectivity index is 2.39. The minimum Gasteiger partial charge on any atom is -0.367 e. The van der Waals surface area contributed by atoms with Gasteiger partial charge in [-0.25, -0.2) is 14.4 Å². The largest absolute Gasteiger partial charge is 0.367 e. The lowest BCUT2D eigenvalue weighted by molar-refractivity contribution is -0.0839. The van der Waals surface area contributed by atoms with E-state index in [4.69, 9.17) is 16.3 Å². The van der Waals surface area contributed by atoms with Gasteiger partial charge in [0, 0.05) is 6.61 Å². The number of hydrogen-bond donors (Lipinski definition) is 0. The highest BCUT2D eigenvalue weighted by atomic mass is 35.5. The summed E-state index contributed by atoms with van der Waals surface area (Å²) in [6, 6.07) is 0. The Morgan fingerprint density at radius 2 is 2.00 bits per heavy atom. The van der Waals surface area contributed by atoms with Crippen molar-refractivity contribution in [3.63, 3.8) is 0 Å². The maximum atomic E-state index is 13.6. The lowest BCUT2D eigenvalue weighted by Gasteiger charge is -2.37. The van der Waals surface area contributed by atoms with E-state index in [9.17, 15) is 4.39 Å². The average Bonchev–Trinajstić information content (AvgIpc) is 2.38. The molecule has 106 valence electrons. The molecule has 1 saturated carbocycles. The van der Waals surface area contributed by atoms with Crippen LogP contribution in [-0.2, 0) is 10.3 Å². The van der Waals surface area contributed by atoms with Crippen LogP contribution < -0.4 is 0 Å². The normalized spacial score (nSPS) is 27.5. The molecule has 0 radical (unpaired) electrons. The molecule has 0 aromatic carbocycles. The van der Waals surface area contributed by atoms with Gasteiger partial charge in [0.2, 0.25) is 0 Å². The van der Waals surface area contributed by atoms with Crippen LogP contribution in [0.2, 0.25) is 5.15 Å². The van der Waals surface area contributed by atoms with Crippen LogP contribution >= 0.6 is 11.6 Å². The second kappa shape index (κ2) is 5.71. The quantitative estimate of drug-likeness (QED) is 0.787. The van der Waals surface area contributed by atoms with Crippen LogP contribution in [0, 0.1) is 18.7 Å². The van der Waals surface area contributed by atoms with E-state index in [0.717, 1.165) is 25.7 Å². The smallest absolute Gasteiger partial charge is 0.181 e. The summed E-state index contributed by atoms with van der Waals surface area (Å²) in [7, 11) is 0. The molecule has 1 heterocycles. The first-order valence-electron chi connectivity index (χ1n) is 6.82. The Morgan fingerprint density at radius 1 is 1.37 bits per heavy atom. The van der Waals surface area contributed by atoms with Gasteiger partial charge in [0.05, 0.1) is 5.69 Å². The molecule has 5 heteroatoms. The maximum absolute atomic E-state index is 13.6. The van der Waals surface area contributed by atoms with Crippen molar-refractivity contribution in [2.45, 2.75) is 52.1 Å². The van der Waals surface area contributed by atoms with Crippen molar-refractivity contribution in [1.82, 2.24) is 9.97 Å². The van der Waals surface area contributed by atoms with Crippen LogP contribution in [0.5, 0.6) is 0 Å². The molecule has 0 saturated heterocycles. The fourth-order valence-corrected chi connectivity index (χ4v) is 2.88. The van der Waals surface area contributed by atoms with Crippen molar-refractivity contribution < 1.29 is 9.13 Å². The monoisotopic (exact) mass is 286 g/mol. The first-order chi connectivity index (χ1) is 8.98. The molecule has 1 aliphatic rings. The summed E-state index contributed by atoms with van der Waals surface area (Å²) in [6.45, 7) is 6.39. The minimum atomic E-state index is -0.541. The van der Waals surface area contributed by atoms with Gasteiger partial charge >= 0.3 is 0 Å². The standard InChI is InChI=1S/C14H20ClFN2O/c1-4-19-14(7-5-9(2)6-8-14)13-17-10(3)11(16)12(15)18-13/h9H,4-8H2,1-3H3. The summed E-state index contributed by atoms with van der Waals surface area (Å²) in [4.78, 5) is 8.40. The average molecular weight is 287 g/mol. The highest BCUT2D eigenvalue weighted by molar-refractivity contribution is 6.29. The number of rotatable bonds is 3. The highest BCUT2D eigenvalue weighted by Gasteiger charge is 2.39. The van der Waals surface area contributed by atoms with Crippen LogP contribution in [0.1, 0.15) is 51.0 Å². The van der Waals surface area contributed by atoms with E-state index in [2.05, 4.69) is 16.9 Å². The van der Waals surface area contributed by atoms with Crippen molar-refractivity contribution in [3.8, 4) is 0 Å². The summed E-state index contributed by atoms with van der Waals surface area (Å²) in [6.07, 6.45) is 3.86. The molecule has 3 nitrogen and oxygen atoms in total. The summed E-state index contributed by atoms with van der Waals surface area (Å²) in [5, 5.41) is -0.111. The predicted octanol–water partition coefficient (Wildman–Crippen LogP) is 4.02. The minimum absolute atomic E-state index is 0.111. The Labute approximate surface area is 118 Å². The molecule has 0 spiro atoms. The second-order valence-electron chi connectivity index (χ2n) is 5.35. The molecular weight excluding hydrogens is 267 g/mol. The summed E-state index contributed by atoms with van der Waals surface area (Å²) in [5.74, 6) is 0.678. The topological polar surface area (TPSA) is 35.0 Å². The van der Waals surface area contributed by atoms with Crippen molar-refractivity contribution >= 4 is 11.6 Å². The molecule has 0 amide bonds. The van der Waals surface area contributed by atoms with Gasteiger partial charge < -0.3 is 4.74 Å². The summed E-state index contributed by atoms with van der Waals surface area (Å²) >= 11 is 5.85. The number of halogens is 2. The third-order valence-electron chi connectivity index (χ3n) is 3.89. The fourth-order valence-electron chi connectivity index (χ4n) is 2.67. The van der Waals surface area contributed by atoms with E-state index >= 15 is 0 Å². The predicted molar refractivity (Wildman–Crippen MR) is 72.7 cm³/mol. The molecule has 2 rings (SSSR count). The Bertz CT molecular complexity index is 436. The zero-order valence-electron chi connectivity index (χ0n) is 11.7. The van der Waals surface area contributed by atoms with Crippen LogP contribution in [0.25, 0.3) is 0 Å². The number of aryl methyl sites for hydroxylation is 1. The first kappa shape index (κ1) is 14.7. The second-order valence-corrected chi connectivity index (χ2v) is 5.71. The summed E-state index contributed by atoms with van der Waals surface area (Å²) < 4.78 is 19.5. The number of hydrogen-bond acceptors (Lipinski definition) is 3. The highest BCUT2D eigenvalue weighted by Crippen LogP contribution is 2.41. The lowest BCUT2D eigenvalue weighted by atomic mass is 9.79. The van der Waals surface area contributed by atoms with E-state index in [0.29, 0.717) is 18.3 Å². The number of ether oxygens (including phenoxy) is 1. The first-order valence-corrected chi connectivity index (χ1v) is 7.20. The molecule has 0 atom stereocenters. The molecule has 1 aromatic heterocycles. The van der Waals surface area contributed by atoms with Crippen molar-refractivity contribution in [3.05, 3.63) is 22.5 Å². The van der Waals surface area contributed by atoms with Gasteiger partial charge in [-0.2, -0.15) is 0 Å². The maximum Gasteiger partial charge on any atom is 0.181 e. The van der Waals surface area contributed by atoms with Crippen molar-refractivity contribution in [2.75, 3.05) is 6.61 Å². The van der Waals surface area contributed by atoms with Gasteiger partial charge in [-0.15, -0.1) is 0 Å².